The fourth-order valence-electron chi connectivity index (χ4n) is 6.52. The summed E-state index contributed by atoms with van der Waals surface area (Å²) in [4.78, 5) is 15.5. The molecule has 1 amide bonds. The fourth-order valence-corrected chi connectivity index (χ4v) is 6.52. The predicted molar refractivity (Wildman–Crippen MR) is 130 cm³/mol. The van der Waals surface area contributed by atoms with Crippen molar-refractivity contribution in [3.05, 3.63) is 47.5 Å². The number of ether oxygens (including phenoxy) is 3. The maximum atomic E-state index is 13.1. The van der Waals surface area contributed by atoms with Crippen molar-refractivity contribution in [3.8, 4) is 22.6 Å². The van der Waals surface area contributed by atoms with Crippen molar-refractivity contribution in [2.24, 2.45) is 11.3 Å². The third-order valence-corrected chi connectivity index (χ3v) is 8.68. The number of piperidine rings is 3. The number of methoxy groups -OCH3 is 2. The summed E-state index contributed by atoms with van der Waals surface area (Å²) in [5, 5.41) is 3.31. The zero-order valence-electron chi connectivity index (χ0n) is 20.1. The molecule has 6 nitrogen and oxygen atoms in total. The smallest absolute Gasteiger partial charge is 0.407 e. The maximum absolute atomic E-state index is 13.1. The minimum absolute atomic E-state index is 0.0125. The molecule has 0 radical (unpaired) electrons. The molecule has 2 aromatic rings. The molecule has 5 aliphatic rings. The van der Waals surface area contributed by atoms with Gasteiger partial charge in [0.1, 0.15) is 17.6 Å². The monoisotopic (exact) mass is 462 g/mol. The summed E-state index contributed by atoms with van der Waals surface area (Å²) in [7, 11) is 3.38. The first-order valence-electron chi connectivity index (χ1n) is 12.6. The molecule has 34 heavy (non-hydrogen) atoms. The lowest BCUT2D eigenvalue weighted by Crippen LogP contribution is -2.53. The van der Waals surface area contributed by atoms with Gasteiger partial charge in [0.05, 0.1) is 25.8 Å². The number of aryl methyl sites for hydroxylation is 1. The van der Waals surface area contributed by atoms with Crippen LogP contribution in [0, 0.1) is 11.3 Å². The Hall–Kier alpha value is -2.73. The van der Waals surface area contributed by atoms with Crippen molar-refractivity contribution >= 4 is 6.09 Å². The Labute approximate surface area is 201 Å². The molecule has 180 valence electrons. The topological polar surface area (TPSA) is 60.0 Å². The van der Waals surface area contributed by atoms with Crippen molar-refractivity contribution in [3.63, 3.8) is 0 Å². The highest BCUT2D eigenvalue weighted by molar-refractivity contribution is 5.78. The zero-order valence-corrected chi connectivity index (χ0v) is 20.1. The van der Waals surface area contributed by atoms with Gasteiger partial charge in [-0.3, -0.25) is 4.90 Å². The number of rotatable bonds is 5. The molecule has 3 aliphatic heterocycles. The van der Waals surface area contributed by atoms with Crippen LogP contribution in [0.1, 0.15) is 49.3 Å². The van der Waals surface area contributed by atoms with Gasteiger partial charge in [-0.25, -0.2) is 4.79 Å². The Balaban J connectivity index is 1.26. The molecule has 3 saturated heterocycles. The van der Waals surface area contributed by atoms with E-state index in [1.807, 2.05) is 18.2 Å². The molecule has 4 fully saturated rings. The average molecular weight is 463 g/mol. The minimum atomic E-state index is -0.252. The quantitative estimate of drug-likeness (QED) is 0.681. The van der Waals surface area contributed by atoms with Crippen LogP contribution in [0.3, 0.4) is 0 Å². The number of benzene rings is 2. The molecule has 2 aromatic carbocycles. The standard InChI is InChI=1S/C28H34N2O4/c1-32-22-4-3-5-23(33-2)25(22)20-6-7-21-19(16-20)8-11-28(12-13-28)26(21)29-27(31)34-24-17-30-14-9-18(24)10-15-30/h3-7,16,18,24,26H,8-15,17H2,1-2H3,(H,29,31)/t24-,26?/m0/s1. The Morgan fingerprint density at radius 1 is 1.03 bits per heavy atom. The third-order valence-electron chi connectivity index (χ3n) is 8.68. The van der Waals surface area contributed by atoms with Crippen molar-refractivity contribution in [2.45, 2.75) is 50.7 Å². The van der Waals surface area contributed by atoms with Crippen LogP contribution in [-0.2, 0) is 11.2 Å². The van der Waals surface area contributed by atoms with E-state index >= 15 is 0 Å². The summed E-state index contributed by atoms with van der Waals surface area (Å²) in [5.74, 6) is 2.11. The Kier molecular flexibility index (Phi) is 5.44. The fraction of sp³-hybridized carbons (Fsp3) is 0.536. The number of carbonyl (C=O) groups excluding carboxylic acids is 1. The van der Waals surface area contributed by atoms with Gasteiger partial charge in [-0.15, -0.1) is 0 Å². The number of fused-ring (bicyclic) bond motifs is 4. The van der Waals surface area contributed by atoms with Gasteiger partial charge in [-0.05, 0) is 91.8 Å². The number of nitrogens with one attached hydrogen (secondary N) is 1. The third kappa shape index (κ3) is 3.72. The van der Waals surface area contributed by atoms with Gasteiger partial charge in [-0.1, -0.05) is 24.3 Å². The molecular weight excluding hydrogens is 428 g/mol. The van der Waals surface area contributed by atoms with Gasteiger partial charge >= 0.3 is 6.09 Å². The first kappa shape index (κ1) is 21.8. The number of nitrogens with zero attached hydrogens (tertiary/aromatic N) is 1. The Bertz CT molecular complexity index is 1070. The van der Waals surface area contributed by atoms with Crippen LogP contribution in [0.2, 0.25) is 0 Å². The number of carbonyl (C=O) groups is 1. The van der Waals surface area contributed by atoms with Crippen molar-refractivity contribution in [2.75, 3.05) is 33.9 Å². The Morgan fingerprint density at radius 2 is 1.76 bits per heavy atom. The van der Waals surface area contributed by atoms with E-state index in [1.165, 1.54) is 24.0 Å². The summed E-state index contributed by atoms with van der Waals surface area (Å²) >= 11 is 0. The normalized spacial score (nSPS) is 28.2. The lowest BCUT2D eigenvalue weighted by Gasteiger charge is -2.44. The molecule has 0 aromatic heterocycles. The largest absolute Gasteiger partial charge is 0.496 e. The molecular formula is C28H34N2O4. The van der Waals surface area contributed by atoms with Crippen molar-refractivity contribution < 1.29 is 19.0 Å². The van der Waals surface area contributed by atoms with E-state index in [0.29, 0.717) is 5.92 Å². The predicted octanol–water partition coefficient (Wildman–Crippen LogP) is 4.96. The van der Waals surface area contributed by atoms with Gasteiger partial charge in [0.15, 0.2) is 0 Å². The van der Waals surface area contributed by atoms with Gasteiger partial charge in [0.25, 0.3) is 0 Å². The summed E-state index contributed by atoms with van der Waals surface area (Å²) in [6, 6.07) is 12.5. The second kappa shape index (κ2) is 8.49. The first-order valence-corrected chi connectivity index (χ1v) is 12.6. The second-order valence-electron chi connectivity index (χ2n) is 10.5. The van der Waals surface area contributed by atoms with Crippen LogP contribution >= 0.6 is 0 Å². The molecule has 1 N–H and O–H groups in total. The van der Waals surface area contributed by atoms with Crippen LogP contribution in [-0.4, -0.2) is 51.0 Å². The summed E-state index contributed by atoms with van der Waals surface area (Å²) in [5.41, 5.74) is 4.75. The van der Waals surface area contributed by atoms with Gasteiger partial charge in [0.2, 0.25) is 0 Å². The van der Waals surface area contributed by atoms with Gasteiger partial charge in [0, 0.05) is 6.54 Å². The summed E-state index contributed by atoms with van der Waals surface area (Å²) < 4.78 is 17.3. The second-order valence-corrected chi connectivity index (χ2v) is 10.5. The lowest BCUT2D eigenvalue weighted by molar-refractivity contribution is -0.0347. The summed E-state index contributed by atoms with van der Waals surface area (Å²) in [6.45, 7) is 3.17. The highest BCUT2D eigenvalue weighted by atomic mass is 16.6. The van der Waals surface area contributed by atoms with Crippen LogP contribution in [0.25, 0.3) is 11.1 Å². The lowest BCUT2D eigenvalue weighted by atomic mass is 9.76. The minimum Gasteiger partial charge on any atom is -0.496 e. The van der Waals surface area contributed by atoms with Crippen LogP contribution in [0.5, 0.6) is 11.5 Å². The highest BCUT2D eigenvalue weighted by Gasteiger charge is 2.53. The summed E-state index contributed by atoms with van der Waals surface area (Å²) in [6.07, 6.45) is 6.51. The SMILES string of the molecule is COc1cccc(OC)c1-c1ccc2c(c1)CCC1(CC1)C2NC(=O)O[C@H]1CN2CCC1CC2. The van der Waals surface area contributed by atoms with E-state index in [1.54, 1.807) is 14.2 Å². The van der Waals surface area contributed by atoms with Gasteiger partial charge in [-0.2, -0.15) is 0 Å². The molecule has 2 bridgehead atoms. The van der Waals surface area contributed by atoms with Crippen molar-refractivity contribution in [1.29, 1.82) is 0 Å². The van der Waals surface area contributed by atoms with Crippen LogP contribution in [0.4, 0.5) is 4.79 Å². The van der Waals surface area contributed by atoms with E-state index in [0.717, 1.165) is 67.9 Å². The van der Waals surface area contributed by atoms with Crippen molar-refractivity contribution in [1.82, 2.24) is 10.2 Å². The molecule has 1 spiro atoms. The van der Waals surface area contributed by atoms with Gasteiger partial charge < -0.3 is 19.5 Å². The van der Waals surface area contributed by atoms with E-state index < -0.39 is 0 Å². The number of alkyl carbamates (subject to hydrolysis) is 1. The number of hydrogen-bond donors (Lipinski definition) is 1. The maximum Gasteiger partial charge on any atom is 0.407 e. The molecule has 6 heteroatoms. The first-order chi connectivity index (χ1) is 16.6. The highest BCUT2D eigenvalue weighted by Crippen LogP contribution is 2.61. The van der Waals surface area contributed by atoms with E-state index in [-0.39, 0.29) is 23.7 Å². The van der Waals surface area contributed by atoms with E-state index in [4.69, 9.17) is 14.2 Å². The average Bonchev–Trinajstić information content (AvgIpc) is 3.66. The molecule has 2 atom stereocenters. The van der Waals surface area contributed by atoms with Crippen LogP contribution < -0.4 is 14.8 Å². The molecule has 1 unspecified atom stereocenters. The molecule has 1 saturated carbocycles. The zero-order chi connectivity index (χ0) is 23.3. The molecule has 7 rings (SSSR count). The van der Waals surface area contributed by atoms with E-state index in [9.17, 15) is 4.79 Å². The Morgan fingerprint density at radius 3 is 2.38 bits per heavy atom. The molecule has 3 heterocycles. The molecule has 2 aliphatic carbocycles. The van der Waals surface area contributed by atoms with E-state index in [2.05, 4.69) is 28.4 Å². The van der Waals surface area contributed by atoms with Crippen LogP contribution in [0.15, 0.2) is 36.4 Å². The number of amides is 1. The number of hydrogen-bond acceptors (Lipinski definition) is 5.